The molecule has 0 radical (unpaired) electrons. The van der Waals surface area contributed by atoms with E-state index in [1.54, 1.807) is 12.1 Å². The molecule has 5 heteroatoms. The van der Waals surface area contributed by atoms with Crippen molar-refractivity contribution in [3.63, 3.8) is 0 Å². The van der Waals surface area contributed by atoms with Gasteiger partial charge in [-0.05, 0) is 54.0 Å². The van der Waals surface area contributed by atoms with E-state index in [1.807, 2.05) is 18.2 Å². The first-order valence-electron chi connectivity index (χ1n) is 11.3. The van der Waals surface area contributed by atoms with Crippen molar-refractivity contribution >= 4 is 33.4 Å². The van der Waals surface area contributed by atoms with Gasteiger partial charge in [-0.3, -0.25) is 4.79 Å². The molecule has 4 aliphatic rings. The number of nitrogens with zero attached hydrogens (tertiary/aromatic N) is 1. The standard InChI is InChI=1S/C27H24BrNO3/c28-19-9-7-16(8-10-19)24(30)15-32-27(31)23-12-11-22-20-5-1-3-17(20)13-29-14-18-4-2-6-21(18)25(23)26(22)29/h1-2,5-12,17-18,20-21H,3-4,13-15H2/t17-,18+,20+,21+/m1/s1. The Bertz CT molecular complexity index is 1160. The monoisotopic (exact) mass is 489 g/mol. The van der Waals surface area contributed by atoms with E-state index < -0.39 is 5.97 Å². The fraction of sp³-hybridized carbons (Fsp3) is 0.333. The predicted octanol–water partition coefficient (Wildman–Crippen LogP) is 5.64. The van der Waals surface area contributed by atoms with Gasteiger partial charge in [-0.25, -0.2) is 4.79 Å². The van der Waals surface area contributed by atoms with Crippen molar-refractivity contribution in [3.8, 4) is 0 Å². The number of halogens is 1. The number of carbonyl (C=O) groups excluding carboxylic acids is 2. The molecule has 0 amide bonds. The zero-order chi connectivity index (χ0) is 21.8. The number of allylic oxidation sites excluding steroid dienone is 4. The van der Waals surface area contributed by atoms with E-state index in [4.69, 9.17) is 4.74 Å². The average Bonchev–Trinajstić information content (AvgIpc) is 3.47. The first-order chi connectivity index (χ1) is 15.6. The second kappa shape index (κ2) is 7.73. The third-order valence-electron chi connectivity index (χ3n) is 7.47. The summed E-state index contributed by atoms with van der Waals surface area (Å²) in [4.78, 5) is 28.2. The summed E-state index contributed by atoms with van der Waals surface area (Å²) in [7, 11) is 0. The maximum absolute atomic E-state index is 13.2. The molecule has 0 saturated carbocycles. The van der Waals surface area contributed by atoms with Crippen LogP contribution in [0.25, 0.3) is 0 Å². The molecule has 2 heterocycles. The summed E-state index contributed by atoms with van der Waals surface area (Å²) in [6, 6.07) is 11.1. The predicted molar refractivity (Wildman–Crippen MR) is 127 cm³/mol. The summed E-state index contributed by atoms with van der Waals surface area (Å²) < 4.78 is 6.45. The lowest BCUT2D eigenvalue weighted by Gasteiger charge is -2.46. The van der Waals surface area contributed by atoms with Gasteiger partial charge >= 0.3 is 5.97 Å². The average molecular weight is 490 g/mol. The van der Waals surface area contributed by atoms with Crippen molar-refractivity contribution in [1.29, 1.82) is 0 Å². The highest BCUT2D eigenvalue weighted by molar-refractivity contribution is 9.10. The van der Waals surface area contributed by atoms with Crippen LogP contribution in [0.4, 0.5) is 5.69 Å². The molecule has 2 aromatic rings. The zero-order valence-corrected chi connectivity index (χ0v) is 19.3. The van der Waals surface area contributed by atoms with Crippen molar-refractivity contribution in [1.82, 2.24) is 0 Å². The Morgan fingerprint density at radius 1 is 0.938 bits per heavy atom. The van der Waals surface area contributed by atoms with Gasteiger partial charge in [0, 0.05) is 40.6 Å². The van der Waals surface area contributed by atoms with Crippen molar-refractivity contribution in [2.24, 2.45) is 11.8 Å². The van der Waals surface area contributed by atoms with E-state index in [-0.39, 0.29) is 18.3 Å². The lowest BCUT2D eigenvalue weighted by Crippen LogP contribution is -2.44. The lowest BCUT2D eigenvalue weighted by molar-refractivity contribution is 0.0473. The van der Waals surface area contributed by atoms with Gasteiger partial charge in [0.05, 0.1) is 5.56 Å². The van der Waals surface area contributed by atoms with Gasteiger partial charge in [0.15, 0.2) is 12.4 Å². The Kier molecular flexibility index (Phi) is 4.83. The van der Waals surface area contributed by atoms with Gasteiger partial charge in [0.2, 0.25) is 0 Å². The minimum absolute atomic E-state index is 0.198. The molecule has 0 N–H and O–H groups in total. The quantitative estimate of drug-likeness (QED) is 0.316. The zero-order valence-electron chi connectivity index (χ0n) is 17.7. The van der Waals surface area contributed by atoms with E-state index in [9.17, 15) is 9.59 Å². The molecule has 2 aliphatic carbocycles. The summed E-state index contributed by atoms with van der Waals surface area (Å²) in [5.41, 5.74) is 4.83. The van der Waals surface area contributed by atoms with E-state index in [0.29, 0.717) is 28.9 Å². The number of rotatable bonds is 4. The Morgan fingerprint density at radius 2 is 1.62 bits per heavy atom. The molecule has 4 nitrogen and oxygen atoms in total. The smallest absolute Gasteiger partial charge is 0.338 e. The van der Waals surface area contributed by atoms with Crippen molar-refractivity contribution < 1.29 is 14.3 Å². The van der Waals surface area contributed by atoms with Crippen LogP contribution in [-0.2, 0) is 4.74 Å². The molecular formula is C27H24BrNO3. The largest absolute Gasteiger partial charge is 0.454 e. The summed E-state index contributed by atoms with van der Waals surface area (Å²) in [6.45, 7) is 1.83. The third kappa shape index (κ3) is 3.17. The Hall–Kier alpha value is -2.66. The topological polar surface area (TPSA) is 46.6 Å². The van der Waals surface area contributed by atoms with Crippen molar-refractivity contribution in [2.45, 2.75) is 24.7 Å². The SMILES string of the molecule is O=C(COC(=O)c1ccc2c3c1[C@H]1C=CC[C@H]1CN3C[C@H]1CC=C[C@H]21)c1ccc(Br)cc1. The molecule has 4 atom stereocenters. The summed E-state index contributed by atoms with van der Waals surface area (Å²) in [5, 5.41) is 0. The van der Waals surface area contributed by atoms with Crippen molar-refractivity contribution in [2.75, 3.05) is 24.6 Å². The maximum Gasteiger partial charge on any atom is 0.338 e. The van der Waals surface area contributed by atoms with Crippen LogP contribution in [0.15, 0.2) is 65.2 Å². The van der Waals surface area contributed by atoms with Crippen molar-refractivity contribution in [3.05, 3.63) is 87.4 Å². The number of ketones is 1. The third-order valence-corrected chi connectivity index (χ3v) is 8.00. The molecule has 0 spiro atoms. The molecule has 0 unspecified atom stereocenters. The fourth-order valence-corrected chi connectivity index (χ4v) is 6.25. The Balaban J connectivity index is 1.33. The first-order valence-corrected chi connectivity index (χ1v) is 12.1. The van der Waals surface area contributed by atoms with Gasteiger partial charge in [-0.1, -0.05) is 58.4 Å². The van der Waals surface area contributed by atoms with Crippen LogP contribution in [-0.4, -0.2) is 31.4 Å². The Morgan fingerprint density at radius 3 is 2.38 bits per heavy atom. The molecule has 6 rings (SSSR count). The van der Waals surface area contributed by atoms with Crippen LogP contribution in [0.5, 0.6) is 0 Å². The minimum Gasteiger partial charge on any atom is -0.454 e. The number of anilines is 1. The molecule has 0 saturated heterocycles. The number of Topliss-reactive ketones (excluding diaryl/α,β-unsaturated/α-hetero) is 1. The lowest BCUT2D eigenvalue weighted by atomic mass is 9.73. The first kappa shape index (κ1) is 20.0. The van der Waals surface area contributed by atoms with Gasteiger partial charge < -0.3 is 9.64 Å². The number of fused-ring (bicyclic) bond motifs is 4. The second-order valence-electron chi connectivity index (χ2n) is 9.28. The number of carbonyl (C=O) groups is 2. The molecular weight excluding hydrogens is 466 g/mol. The number of hydrogen-bond acceptors (Lipinski definition) is 4. The summed E-state index contributed by atoms with van der Waals surface area (Å²) >= 11 is 3.37. The minimum atomic E-state index is -0.404. The molecule has 0 aromatic heterocycles. The fourth-order valence-electron chi connectivity index (χ4n) is 5.99. The van der Waals surface area contributed by atoms with Gasteiger partial charge in [-0.2, -0.15) is 0 Å². The van der Waals surface area contributed by atoms with Crippen LogP contribution in [0.2, 0.25) is 0 Å². The molecule has 2 aromatic carbocycles. The van der Waals surface area contributed by atoms with Gasteiger partial charge in [-0.15, -0.1) is 0 Å². The maximum atomic E-state index is 13.2. The number of esters is 1. The van der Waals surface area contributed by atoms with E-state index in [0.717, 1.165) is 36.0 Å². The molecule has 0 fully saturated rings. The summed E-state index contributed by atoms with van der Waals surface area (Å²) in [5.74, 6) is 1.20. The molecule has 0 bridgehead atoms. The van der Waals surface area contributed by atoms with Gasteiger partial charge in [0.1, 0.15) is 0 Å². The van der Waals surface area contributed by atoms with Crippen LogP contribution < -0.4 is 4.90 Å². The highest BCUT2D eigenvalue weighted by Gasteiger charge is 2.44. The normalized spacial score (nSPS) is 26.5. The molecule has 162 valence electrons. The van der Waals surface area contributed by atoms with Crippen LogP contribution in [0.1, 0.15) is 56.5 Å². The Labute approximate surface area is 196 Å². The molecule has 32 heavy (non-hydrogen) atoms. The number of benzene rings is 2. The van der Waals surface area contributed by atoms with E-state index in [2.05, 4.69) is 51.2 Å². The summed E-state index contributed by atoms with van der Waals surface area (Å²) in [6.07, 6.45) is 11.3. The van der Waals surface area contributed by atoms with Gasteiger partial charge in [0.25, 0.3) is 0 Å². The van der Waals surface area contributed by atoms with Crippen LogP contribution >= 0.6 is 15.9 Å². The van der Waals surface area contributed by atoms with Crippen LogP contribution in [0.3, 0.4) is 0 Å². The molecule has 2 aliphatic heterocycles. The van der Waals surface area contributed by atoms with E-state index in [1.165, 1.54) is 11.3 Å². The highest BCUT2D eigenvalue weighted by atomic mass is 79.9. The highest BCUT2D eigenvalue weighted by Crippen LogP contribution is 2.53. The number of ether oxygens (including phenoxy) is 1. The number of hydrogen-bond donors (Lipinski definition) is 0. The van der Waals surface area contributed by atoms with E-state index >= 15 is 0 Å². The second-order valence-corrected chi connectivity index (χ2v) is 10.2. The van der Waals surface area contributed by atoms with Crippen LogP contribution in [0, 0.1) is 11.8 Å².